The lowest BCUT2D eigenvalue weighted by atomic mass is 10.0. The maximum Gasteiger partial charge on any atom is 0.322 e. The van der Waals surface area contributed by atoms with E-state index in [0.717, 1.165) is 63.2 Å². The van der Waals surface area contributed by atoms with Crippen LogP contribution in [0.25, 0.3) is 0 Å². The van der Waals surface area contributed by atoms with Crippen molar-refractivity contribution in [3.8, 4) is 0 Å². The molecule has 208 valence electrons. The molecule has 1 aliphatic heterocycles. The topological polar surface area (TPSA) is 95.5 Å². The Bertz CT molecular complexity index is 661. The molecular formula is C29H53N3O4. The van der Waals surface area contributed by atoms with Crippen LogP contribution in [0.3, 0.4) is 0 Å². The van der Waals surface area contributed by atoms with Gasteiger partial charge in [-0.25, -0.2) is 9.98 Å². The number of esters is 1. The van der Waals surface area contributed by atoms with Crippen molar-refractivity contribution in [1.82, 2.24) is 0 Å². The molecule has 0 spiro atoms. The molecule has 2 N–H and O–H groups in total. The summed E-state index contributed by atoms with van der Waals surface area (Å²) in [6, 6.07) is -0.447. The van der Waals surface area contributed by atoms with Crippen LogP contribution >= 0.6 is 0 Å². The van der Waals surface area contributed by atoms with Crippen molar-refractivity contribution < 1.29 is 19.0 Å². The second kappa shape index (κ2) is 22.1. The number of carbonyl (C=O) groups excluding carboxylic acids is 1. The number of ether oxygens (including phenoxy) is 3. The molecule has 0 unspecified atom stereocenters. The van der Waals surface area contributed by atoms with Gasteiger partial charge in [0.05, 0.1) is 19.8 Å². The minimum atomic E-state index is -0.446. The molecule has 0 aliphatic carbocycles. The lowest BCUT2D eigenvalue weighted by molar-refractivity contribution is -0.144. The zero-order chi connectivity index (χ0) is 27.2. The molecular weight excluding hydrogens is 454 g/mol. The quantitative estimate of drug-likeness (QED) is 0.139. The van der Waals surface area contributed by atoms with Crippen LogP contribution in [0.1, 0.15) is 98.8 Å². The Balaban J connectivity index is 0.000000757. The monoisotopic (exact) mass is 507 g/mol. The van der Waals surface area contributed by atoms with E-state index in [-0.39, 0.29) is 18.1 Å². The highest BCUT2D eigenvalue weighted by Crippen LogP contribution is 2.21. The fourth-order valence-corrected chi connectivity index (χ4v) is 3.74. The van der Waals surface area contributed by atoms with Gasteiger partial charge in [-0.3, -0.25) is 4.79 Å². The third-order valence-electron chi connectivity index (χ3n) is 5.70. The molecule has 0 saturated carbocycles. The highest BCUT2D eigenvalue weighted by molar-refractivity contribution is 5.94. The second-order valence-electron chi connectivity index (χ2n) is 9.22. The summed E-state index contributed by atoms with van der Waals surface area (Å²) in [5, 5.41) is 0. The third kappa shape index (κ3) is 15.1. The predicted octanol–water partition coefficient (Wildman–Crippen LogP) is 6.41. The van der Waals surface area contributed by atoms with Crippen molar-refractivity contribution in [2.45, 2.75) is 117 Å². The van der Waals surface area contributed by atoms with Gasteiger partial charge in [0.2, 0.25) is 11.8 Å². The first-order valence-electron chi connectivity index (χ1n) is 13.9. The van der Waals surface area contributed by atoms with Crippen molar-refractivity contribution >= 4 is 17.8 Å². The molecule has 0 saturated heterocycles. The second-order valence-corrected chi connectivity index (χ2v) is 9.22. The number of allylic oxidation sites excluding steroid dienone is 2. The lowest BCUT2D eigenvalue weighted by Crippen LogP contribution is -2.38. The van der Waals surface area contributed by atoms with Gasteiger partial charge in [-0.1, -0.05) is 51.7 Å². The first kappa shape index (κ1) is 33.8. The van der Waals surface area contributed by atoms with Gasteiger partial charge < -0.3 is 19.9 Å². The Morgan fingerprint density at radius 2 is 1.47 bits per heavy atom. The van der Waals surface area contributed by atoms with Gasteiger partial charge in [0.15, 0.2) is 0 Å². The summed E-state index contributed by atoms with van der Waals surface area (Å²) < 4.78 is 16.3. The molecule has 36 heavy (non-hydrogen) atoms. The zero-order valence-electron chi connectivity index (χ0n) is 23.7. The molecule has 0 radical (unpaired) electrons. The molecule has 0 aromatic rings. The maximum absolute atomic E-state index is 11.1. The van der Waals surface area contributed by atoms with Crippen molar-refractivity contribution in [1.29, 1.82) is 0 Å². The van der Waals surface area contributed by atoms with Gasteiger partial charge in [0, 0.05) is 0 Å². The summed E-state index contributed by atoms with van der Waals surface area (Å²) in [7, 11) is 0. The van der Waals surface area contributed by atoms with Crippen molar-refractivity contribution in [2.24, 2.45) is 21.6 Å². The number of aliphatic imine (C=N–C) groups is 2. The number of rotatable bonds is 17. The number of hydrogen-bond acceptors (Lipinski definition) is 7. The van der Waals surface area contributed by atoms with Crippen LogP contribution in [0, 0.1) is 5.92 Å². The largest absolute Gasteiger partial charge is 0.480 e. The standard InChI is InChI=1S/C18H32N2O2.C11H21NO2/c1-6-9-10-11-12-13-15-17(21-7-2)20-16(14(4)5)18(19-15)22-8-3;1-3-5-6-7-8-9-10(12)11(13)14-4-2/h6,14-16H,1,7-13H2,2-5H3;3,10H,1,4-9,12H2,2H3/t15-,16+;10-/m00/s1. The van der Waals surface area contributed by atoms with E-state index in [1.54, 1.807) is 6.92 Å². The highest BCUT2D eigenvalue weighted by Gasteiger charge is 2.31. The highest BCUT2D eigenvalue weighted by atomic mass is 16.5. The van der Waals surface area contributed by atoms with Gasteiger partial charge in [0.25, 0.3) is 0 Å². The Kier molecular flexibility index (Phi) is 20.8. The van der Waals surface area contributed by atoms with Crippen LogP contribution < -0.4 is 5.73 Å². The fourth-order valence-electron chi connectivity index (χ4n) is 3.74. The van der Waals surface area contributed by atoms with Crippen molar-refractivity contribution in [3.05, 3.63) is 25.3 Å². The zero-order valence-corrected chi connectivity index (χ0v) is 23.7. The van der Waals surface area contributed by atoms with E-state index in [4.69, 9.17) is 29.9 Å². The number of unbranched alkanes of at least 4 members (excludes halogenated alkanes) is 6. The average molecular weight is 508 g/mol. The van der Waals surface area contributed by atoms with Crippen LogP contribution in [0.5, 0.6) is 0 Å². The molecule has 0 fully saturated rings. The first-order chi connectivity index (χ1) is 17.4. The summed E-state index contributed by atoms with van der Waals surface area (Å²) in [5.74, 6) is 1.64. The molecule has 1 rings (SSSR count). The number of nitrogens with zero attached hydrogens (tertiary/aromatic N) is 2. The molecule has 7 heteroatoms. The van der Waals surface area contributed by atoms with E-state index < -0.39 is 6.04 Å². The minimum absolute atomic E-state index is 0.0141. The predicted molar refractivity (Wildman–Crippen MR) is 152 cm³/mol. The van der Waals surface area contributed by atoms with Crippen LogP contribution in [0.2, 0.25) is 0 Å². The van der Waals surface area contributed by atoms with Crippen LogP contribution in [-0.2, 0) is 19.0 Å². The Morgan fingerprint density at radius 1 is 0.889 bits per heavy atom. The molecule has 0 amide bonds. The number of nitrogens with two attached hydrogens (primary N) is 1. The number of hydrogen-bond donors (Lipinski definition) is 1. The van der Waals surface area contributed by atoms with Gasteiger partial charge in [0.1, 0.15) is 18.1 Å². The molecule has 1 heterocycles. The maximum atomic E-state index is 11.1. The molecule has 3 atom stereocenters. The van der Waals surface area contributed by atoms with Crippen molar-refractivity contribution in [2.75, 3.05) is 19.8 Å². The average Bonchev–Trinajstić information content (AvgIpc) is 2.85. The fraction of sp³-hybridized carbons (Fsp3) is 0.759. The Hall–Kier alpha value is -2.15. The van der Waals surface area contributed by atoms with Gasteiger partial charge in [-0.2, -0.15) is 0 Å². The first-order valence-corrected chi connectivity index (χ1v) is 13.9. The molecule has 7 nitrogen and oxygen atoms in total. The van der Waals surface area contributed by atoms with Gasteiger partial charge >= 0.3 is 5.97 Å². The SMILES string of the molecule is C=CCCCCC[C@@H]1N=C(OCC)[C@@H](C(C)C)N=C1OCC.C=CCCCCC[C@H](N)C(=O)OCC. The summed E-state index contributed by atoms with van der Waals surface area (Å²) in [6.45, 7) is 19.1. The Morgan fingerprint density at radius 3 is 2.00 bits per heavy atom. The van der Waals surface area contributed by atoms with Crippen LogP contribution in [0.15, 0.2) is 35.3 Å². The van der Waals surface area contributed by atoms with E-state index in [1.165, 1.54) is 12.8 Å². The summed E-state index contributed by atoms with van der Waals surface area (Å²) >= 11 is 0. The minimum Gasteiger partial charge on any atom is -0.480 e. The third-order valence-corrected chi connectivity index (χ3v) is 5.70. The van der Waals surface area contributed by atoms with E-state index in [0.29, 0.717) is 25.7 Å². The van der Waals surface area contributed by atoms with E-state index in [1.807, 2.05) is 26.0 Å². The van der Waals surface area contributed by atoms with Gasteiger partial charge in [-0.05, 0) is 65.2 Å². The molecule has 1 aliphatic rings. The summed E-state index contributed by atoms with van der Waals surface area (Å²) in [5.41, 5.74) is 5.62. The van der Waals surface area contributed by atoms with Crippen molar-refractivity contribution in [3.63, 3.8) is 0 Å². The molecule has 0 aromatic heterocycles. The summed E-state index contributed by atoms with van der Waals surface area (Å²) in [4.78, 5) is 20.7. The normalized spacial score (nSPS) is 17.8. The molecule has 0 bridgehead atoms. The smallest absolute Gasteiger partial charge is 0.322 e. The van der Waals surface area contributed by atoms with Crippen LogP contribution in [0.4, 0.5) is 0 Å². The van der Waals surface area contributed by atoms with E-state index in [9.17, 15) is 4.79 Å². The van der Waals surface area contributed by atoms with E-state index >= 15 is 0 Å². The van der Waals surface area contributed by atoms with Gasteiger partial charge in [-0.15, -0.1) is 13.2 Å². The summed E-state index contributed by atoms with van der Waals surface area (Å²) in [6.07, 6.45) is 14.4. The van der Waals surface area contributed by atoms with Crippen LogP contribution in [-0.4, -0.2) is 55.7 Å². The molecule has 0 aromatic carbocycles. The number of carbonyl (C=O) groups is 1. The van der Waals surface area contributed by atoms with E-state index in [2.05, 4.69) is 27.0 Å². The lowest BCUT2D eigenvalue weighted by Gasteiger charge is -2.28. The Labute approximate surface area is 220 Å².